The molecule has 3 nitrogen and oxygen atoms in total. The third-order valence-corrected chi connectivity index (χ3v) is 2.48. The van der Waals surface area contributed by atoms with Gasteiger partial charge < -0.3 is 10.1 Å². The Kier molecular flexibility index (Phi) is 4.35. The Morgan fingerprint density at radius 1 is 1.38 bits per heavy atom. The maximum atomic E-state index is 11.5. The Labute approximate surface area is 96.8 Å². The number of esters is 1. The van der Waals surface area contributed by atoms with Gasteiger partial charge in [-0.25, -0.2) is 4.79 Å². The van der Waals surface area contributed by atoms with Gasteiger partial charge in [0.05, 0.1) is 6.61 Å². The molecule has 0 aliphatic carbocycles. The lowest BCUT2D eigenvalue weighted by molar-refractivity contribution is -0.143. The Morgan fingerprint density at radius 2 is 1.94 bits per heavy atom. The molecule has 0 heterocycles. The Balaban J connectivity index is 2.76. The molecule has 0 saturated carbocycles. The molecule has 0 fully saturated rings. The molecule has 1 N–H and O–H groups in total. The molecule has 0 aliphatic rings. The molecule has 16 heavy (non-hydrogen) atoms. The minimum Gasteiger partial charge on any atom is -0.464 e. The van der Waals surface area contributed by atoms with Crippen molar-refractivity contribution < 1.29 is 9.53 Å². The minimum atomic E-state index is -0.320. The van der Waals surface area contributed by atoms with Crippen molar-refractivity contribution in [2.45, 2.75) is 33.7 Å². The smallest absolute Gasteiger partial charge is 0.328 e. The highest BCUT2D eigenvalue weighted by Crippen LogP contribution is 2.20. The molecule has 1 aromatic carbocycles. The minimum absolute atomic E-state index is 0.217. The van der Waals surface area contributed by atoms with Crippen molar-refractivity contribution in [2.75, 3.05) is 11.9 Å². The Hall–Kier alpha value is -1.51. The summed E-state index contributed by atoms with van der Waals surface area (Å²) in [4.78, 5) is 11.5. The van der Waals surface area contributed by atoms with E-state index >= 15 is 0 Å². The highest BCUT2D eigenvalue weighted by molar-refractivity contribution is 5.79. The molecule has 1 rings (SSSR count). The van der Waals surface area contributed by atoms with E-state index in [9.17, 15) is 4.79 Å². The van der Waals surface area contributed by atoms with Crippen LogP contribution in [-0.4, -0.2) is 18.6 Å². The number of anilines is 1. The van der Waals surface area contributed by atoms with Crippen molar-refractivity contribution in [1.29, 1.82) is 0 Å². The number of ether oxygens (including phenoxy) is 1. The number of carbonyl (C=O) groups is 1. The average Bonchev–Trinajstić information content (AvgIpc) is 2.23. The van der Waals surface area contributed by atoms with E-state index < -0.39 is 0 Å². The van der Waals surface area contributed by atoms with Crippen LogP contribution >= 0.6 is 0 Å². The van der Waals surface area contributed by atoms with Crippen molar-refractivity contribution in [3.63, 3.8) is 0 Å². The van der Waals surface area contributed by atoms with Gasteiger partial charge in [0.15, 0.2) is 0 Å². The molecule has 0 radical (unpaired) electrons. The van der Waals surface area contributed by atoms with E-state index in [4.69, 9.17) is 4.74 Å². The predicted molar refractivity (Wildman–Crippen MR) is 65.6 cm³/mol. The number of para-hydroxylation sites is 1. The third-order valence-electron chi connectivity index (χ3n) is 2.48. The first-order chi connectivity index (χ1) is 7.56. The van der Waals surface area contributed by atoms with E-state index in [1.54, 1.807) is 0 Å². The summed E-state index contributed by atoms with van der Waals surface area (Å²) in [5.74, 6) is -0.217. The highest BCUT2D eigenvalue weighted by atomic mass is 16.5. The van der Waals surface area contributed by atoms with E-state index in [0.717, 1.165) is 16.8 Å². The monoisotopic (exact) mass is 221 g/mol. The van der Waals surface area contributed by atoms with Crippen LogP contribution in [0, 0.1) is 13.8 Å². The molecule has 0 bridgehead atoms. The van der Waals surface area contributed by atoms with Crippen LogP contribution in [0.2, 0.25) is 0 Å². The summed E-state index contributed by atoms with van der Waals surface area (Å²) >= 11 is 0. The second kappa shape index (κ2) is 5.54. The second-order valence-electron chi connectivity index (χ2n) is 3.88. The Bertz CT molecular complexity index is 354. The van der Waals surface area contributed by atoms with Gasteiger partial charge in [-0.05, 0) is 38.8 Å². The summed E-state index contributed by atoms with van der Waals surface area (Å²) in [5.41, 5.74) is 3.29. The number of nitrogens with one attached hydrogen (secondary N) is 1. The van der Waals surface area contributed by atoms with Crippen molar-refractivity contribution in [3.8, 4) is 0 Å². The molecule has 1 unspecified atom stereocenters. The maximum absolute atomic E-state index is 11.5. The van der Waals surface area contributed by atoms with Crippen LogP contribution < -0.4 is 5.32 Å². The summed E-state index contributed by atoms with van der Waals surface area (Å²) in [5, 5.41) is 3.19. The summed E-state index contributed by atoms with van der Waals surface area (Å²) < 4.78 is 4.95. The second-order valence-corrected chi connectivity index (χ2v) is 3.88. The largest absolute Gasteiger partial charge is 0.464 e. The van der Waals surface area contributed by atoms with Crippen molar-refractivity contribution in [2.24, 2.45) is 0 Å². The molecule has 0 spiro atoms. The molecule has 88 valence electrons. The number of hydrogen-bond acceptors (Lipinski definition) is 3. The van der Waals surface area contributed by atoms with E-state index in [1.807, 2.05) is 45.9 Å². The van der Waals surface area contributed by atoms with Gasteiger partial charge >= 0.3 is 5.97 Å². The Morgan fingerprint density at radius 3 is 2.44 bits per heavy atom. The van der Waals surface area contributed by atoms with Crippen molar-refractivity contribution in [1.82, 2.24) is 0 Å². The van der Waals surface area contributed by atoms with E-state index in [-0.39, 0.29) is 12.0 Å². The van der Waals surface area contributed by atoms with Gasteiger partial charge in [-0.15, -0.1) is 0 Å². The number of rotatable bonds is 4. The quantitative estimate of drug-likeness (QED) is 0.794. The fraction of sp³-hybridized carbons (Fsp3) is 0.462. The highest BCUT2D eigenvalue weighted by Gasteiger charge is 2.15. The van der Waals surface area contributed by atoms with Crippen molar-refractivity contribution in [3.05, 3.63) is 29.3 Å². The topological polar surface area (TPSA) is 38.3 Å². The molecular formula is C13H19NO2. The zero-order valence-corrected chi connectivity index (χ0v) is 10.3. The van der Waals surface area contributed by atoms with Crippen LogP contribution in [-0.2, 0) is 9.53 Å². The van der Waals surface area contributed by atoms with E-state index in [2.05, 4.69) is 5.32 Å². The fourth-order valence-corrected chi connectivity index (χ4v) is 1.58. The lowest BCUT2D eigenvalue weighted by atomic mass is 10.1. The number of aryl methyl sites for hydroxylation is 2. The SMILES string of the molecule is CCOC(=O)C(C)Nc1c(C)cccc1C. The van der Waals surface area contributed by atoms with Crippen LogP contribution in [0.3, 0.4) is 0 Å². The van der Waals surface area contributed by atoms with Crippen LogP contribution in [0.1, 0.15) is 25.0 Å². The van der Waals surface area contributed by atoms with Gasteiger partial charge in [0.25, 0.3) is 0 Å². The molecule has 0 aromatic heterocycles. The van der Waals surface area contributed by atoms with Crippen LogP contribution in [0.4, 0.5) is 5.69 Å². The summed E-state index contributed by atoms with van der Waals surface area (Å²) in [6, 6.07) is 5.73. The molecule has 1 atom stereocenters. The number of hydrogen-bond donors (Lipinski definition) is 1. The van der Waals surface area contributed by atoms with E-state index in [0.29, 0.717) is 6.61 Å². The van der Waals surface area contributed by atoms with E-state index in [1.165, 1.54) is 0 Å². The average molecular weight is 221 g/mol. The lowest BCUT2D eigenvalue weighted by Crippen LogP contribution is -2.28. The van der Waals surface area contributed by atoms with Gasteiger partial charge in [0, 0.05) is 5.69 Å². The first kappa shape index (κ1) is 12.6. The molecule has 0 saturated heterocycles. The maximum Gasteiger partial charge on any atom is 0.328 e. The van der Waals surface area contributed by atoms with Gasteiger partial charge in [-0.1, -0.05) is 18.2 Å². The van der Waals surface area contributed by atoms with Gasteiger partial charge in [0.1, 0.15) is 6.04 Å². The van der Waals surface area contributed by atoms with Crippen molar-refractivity contribution >= 4 is 11.7 Å². The predicted octanol–water partition coefficient (Wildman–Crippen LogP) is 2.67. The normalized spacial score (nSPS) is 12.0. The molecule has 0 amide bonds. The van der Waals surface area contributed by atoms with Crippen LogP contribution in [0.25, 0.3) is 0 Å². The van der Waals surface area contributed by atoms with Gasteiger partial charge in [-0.2, -0.15) is 0 Å². The zero-order chi connectivity index (χ0) is 12.1. The number of carbonyl (C=O) groups excluding carboxylic acids is 1. The van der Waals surface area contributed by atoms with Crippen LogP contribution in [0.15, 0.2) is 18.2 Å². The molecule has 1 aromatic rings. The molecule has 3 heteroatoms. The third kappa shape index (κ3) is 2.99. The standard InChI is InChI=1S/C13H19NO2/c1-5-16-13(15)11(4)14-12-9(2)7-6-8-10(12)3/h6-8,11,14H,5H2,1-4H3. The summed E-state index contributed by atoms with van der Waals surface area (Å²) in [6.07, 6.45) is 0. The number of benzene rings is 1. The summed E-state index contributed by atoms with van der Waals surface area (Å²) in [6.45, 7) is 8.07. The molecule has 0 aliphatic heterocycles. The van der Waals surface area contributed by atoms with Gasteiger partial charge in [0.2, 0.25) is 0 Å². The summed E-state index contributed by atoms with van der Waals surface area (Å²) in [7, 11) is 0. The first-order valence-electron chi connectivity index (χ1n) is 5.55. The fourth-order valence-electron chi connectivity index (χ4n) is 1.58. The van der Waals surface area contributed by atoms with Crippen LogP contribution in [0.5, 0.6) is 0 Å². The zero-order valence-electron chi connectivity index (χ0n) is 10.3. The lowest BCUT2D eigenvalue weighted by Gasteiger charge is -2.17. The van der Waals surface area contributed by atoms with Gasteiger partial charge in [-0.3, -0.25) is 0 Å². The molecular weight excluding hydrogens is 202 g/mol. The first-order valence-corrected chi connectivity index (χ1v) is 5.55.